The summed E-state index contributed by atoms with van der Waals surface area (Å²) >= 11 is 5.25. The highest BCUT2D eigenvalue weighted by atomic mass is 35.5. The lowest BCUT2D eigenvalue weighted by molar-refractivity contribution is 0.322. The van der Waals surface area contributed by atoms with E-state index in [4.69, 9.17) is 21.4 Å². The van der Waals surface area contributed by atoms with Gasteiger partial charge in [0, 0.05) is 0 Å². The van der Waals surface area contributed by atoms with E-state index in [0.717, 1.165) is 0 Å². The molecular formula is C3H9ClNO3P. The Kier molecular flexibility index (Phi) is 3.12. The van der Waals surface area contributed by atoms with Crippen molar-refractivity contribution in [2.24, 2.45) is 0 Å². The number of rotatable bonds is 2. The molecule has 56 valence electrons. The highest BCUT2D eigenvalue weighted by molar-refractivity contribution is 7.54. The molecule has 0 aromatic heterocycles. The molecule has 0 radical (unpaired) electrons. The fourth-order valence-electron chi connectivity index (χ4n) is 0.301. The Bertz CT molecular complexity index is 133. The molecule has 0 heterocycles. The summed E-state index contributed by atoms with van der Waals surface area (Å²) in [5.74, 6) is 0. The average molecular weight is 174 g/mol. The van der Waals surface area contributed by atoms with Crippen LogP contribution in [0.5, 0.6) is 0 Å². The third-order valence-electron chi connectivity index (χ3n) is 0.704. The second kappa shape index (κ2) is 2.99. The molecule has 0 spiro atoms. The Labute approximate surface area is 58.6 Å². The van der Waals surface area contributed by atoms with Gasteiger partial charge in [-0.15, -0.1) is 0 Å². The zero-order chi connectivity index (χ0) is 7.65. The molecule has 0 aliphatic carbocycles. The number of alkyl halides is 1. The van der Waals surface area contributed by atoms with Gasteiger partial charge in [-0.3, -0.25) is 9.46 Å². The van der Waals surface area contributed by atoms with Gasteiger partial charge in [0.1, 0.15) is 0 Å². The first-order valence-corrected chi connectivity index (χ1v) is 4.33. The van der Waals surface area contributed by atoms with Gasteiger partial charge in [-0.25, -0.2) is 0 Å². The van der Waals surface area contributed by atoms with Crippen LogP contribution < -0.4 is 0 Å². The molecule has 4 nitrogen and oxygen atoms in total. The molecule has 0 saturated carbocycles. The van der Waals surface area contributed by atoms with E-state index in [1.165, 1.54) is 19.0 Å². The van der Waals surface area contributed by atoms with Gasteiger partial charge in [0.2, 0.25) is 0 Å². The minimum atomic E-state index is -4.12. The zero-order valence-corrected chi connectivity index (χ0v) is 6.80. The van der Waals surface area contributed by atoms with Crippen LogP contribution in [0.25, 0.3) is 0 Å². The first-order valence-electron chi connectivity index (χ1n) is 2.21. The Morgan fingerprint density at radius 3 is 1.89 bits per heavy atom. The van der Waals surface area contributed by atoms with Gasteiger partial charge in [-0.1, -0.05) is 11.6 Å². The van der Waals surface area contributed by atoms with Gasteiger partial charge < -0.3 is 9.79 Å². The monoisotopic (exact) mass is 173 g/mol. The van der Waals surface area contributed by atoms with E-state index in [2.05, 4.69) is 0 Å². The van der Waals surface area contributed by atoms with Crippen LogP contribution >= 0.6 is 19.2 Å². The lowest BCUT2D eigenvalue weighted by Gasteiger charge is -2.17. The minimum Gasteiger partial charge on any atom is -0.322 e. The third-order valence-corrected chi connectivity index (χ3v) is 2.87. The first-order chi connectivity index (χ1) is 3.85. The van der Waals surface area contributed by atoms with Crippen LogP contribution in [0.4, 0.5) is 0 Å². The van der Waals surface area contributed by atoms with Gasteiger partial charge in [-0.2, -0.15) is 0 Å². The lowest BCUT2D eigenvalue weighted by atomic mass is 11.0. The van der Waals surface area contributed by atoms with Crippen molar-refractivity contribution in [3.05, 3.63) is 0 Å². The van der Waals surface area contributed by atoms with E-state index in [-0.39, 0.29) is 0 Å². The molecule has 1 atom stereocenters. The predicted molar refractivity (Wildman–Crippen MR) is 35.4 cm³/mol. The zero-order valence-electron chi connectivity index (χ0n) is 5.15. The number of hydrogen-bond acceptors (Lipinski definition) is 2. The Hall–Kier alpha value is 0.400. The van der Waals surface area contributed by atoms with Crippen molar-refractivity contribution in [1.82, 2.24) is 4.90 Å². The van der Waals surface area contributed by atoms with Crippen LogP contribution in [-0.2, 0) is 4.57 Å². The minimum absolute atomic E-state index is 1.21. The average Bonchev–Trinajstić information content (AvgIpc) is 1.62. The van der Waals surface area contributed by atoms with Gasteiger partial charge in [0.25, 0.3) is 0 Å². The topological polar surface area (TPSA) is 60.8 Å². The summed E-state index contributed by atoms with van der Waals surface area (Å²) in [6, 6.07) is 0. The van der Waals surface area contributed by atoms with Crippen molar-refractivity contribution < 1.29 is 14.4 Å². The maximum atomic E-state index is 10.3. The molecular weight excluding hydrogens is 164 g/mol. The fraction of sp³-hybridized carbons (Fsp3) is 1.00. The van der Waals surface area contributed by atoms with Crippen LogP contribution in [0.2, 0.25) is 0 Å². The highest BCUT2D eigenvalue weighted by Gasteiger charge is 2.27. The Morgan fingerprint density at radius 1 is 1.56 bits per heavy atom. The van der Waals surface area contributed by atoms with E-state index in [9.17, 15) is 4.57 Å². The second-order valence-corrected chi connectivity index (χ2v) is 4.25. The van der Waals surface area contributed by atoms with Crippen LogP contribution in [-0.4, -0.2) is 34.0 Å². The Morgan fingerprint density at radius 2 is 1.89 bits per heavy atom. The smallest absolute Gasteiger partial charge is 0.322 e. The van der Waals surface area contributed by atoms with Gasteiger partial charge in [0.05, 0.1) is 0 Å². The summed E-state index contributed by atoms with van der Waals surface area (Å²) < 4.78 is 10.3. The third kappa shape index (κ3) is 3.18. The van der Waals surface area contributed by atoms with Crippen molar-refractivity contribution in [2.75, 3.05) is 14.1 Å². The molecule has 0 aliphatic rings. The lowest BCUT2D eigenvalue weighted by Crippen LogP contribution is -2.21. The molecule has 0 bridgehead atoms. The first kappa shape index (κ1) is 9.40. The molecule has 0 rings (SSSR count). The molecule has 9 heavy (non-hydrogen) atoms. The quantitative estimate of drug-likeness (QED) is 0.357. The maximum Gasteiger partial charge on any atom is 0.357 e. The normalized spacial score (nSPS) is 16.2. The molecule has 6 heteroatoms. The molecule has 0 saturated heterocycles. The fourth-order valence-corrected chi connectivity index (χ4v) is 0.903. The molecule has 2 N–H and O–H groups in total. The summed E-state index contributed by atoms with van der Waals surface area (Å²) in [4.78, 5) is 18.0. The SMILES string of the molecule is CN(C)C(Cl)P(=O)(O)O. The number of hydrogen-bond donors (Lipinski definition) is 2. The van der Waals surface area contributed by atoms with Crippen LogP contribution in [0.15, 0.2) is 0 Å². The Balaban J connectivity index is 4.05. The summed E-state index contributed by atoms with van der Waals surface area (Å²) in [5, 5.41) is -1.21. The van der Waals surface area contributed by atoms with Crippen molar-refractivity contribution >= 4 is 19.2 Å². The van der Waals surface area contributed by atoms with Gasteiger partial charge in [-0.05, 0) is 14.1 Å². The maximum absolute atomic E-state index is 10.3. The summed E-state index contributed by atoms with van der Waals surface area (Å²) in [7, 11) is -1.13. The predicted octanol–water partition coefficient (Wildman–Crippen LogP) is 0.248. The molecule has 0 aliphatic heterocycles. The van der Waals surface area contributed by atoms with Crippen LogP contribution in [0, 0.1) is 0 Å². The molecule has 0 fully saturated rings. The summed E-state index contributed by atoms with van der Waals surface area (Å²) in [6.07, 6.45) is 0. The van der Waals surface area contributed by atoms with E-state index < -0.39 is 12.8 Å². The highest BCUT2D eigenvalue weighted by Crippen LogP contribution is 2.44. The molecule has 0 amide bonds. The van der Waals surface area contributed by atoms with Crippen molar-refractivity contribution in [3.63, 3.8) is 0 Å². The van der Waals surface area contributed by atoms with E-state index in [1.807, 2.05) is 0 Å². The van der Waals surface area contributed by atoms with Crippen molar-refractivity contribution in [3.8, 4) is 0 Å². The van der Waals surface area contributed by atoms with E-state index in [0.29, 0.717) is 0 Å². The number of nitrogens with zero attached hydrogens (tertiary/aromatic N) is 1. The van der Waals surface area contributed by atoms with E-state index in [1.54, 1.807) is 0 Å². The van der Waals surface area contributed by atoms with E-state index >= 15 is 0 Å². The molecule has 1 unspecified atom stereocenters. The molecule has 0 aromatic rings. The van der Waals surface area contributed by atoms with Gasteiger partial charge >= 0.3 is 7.60 Å². The summed E-state index contributed by atoms with van der Waals surface area (Å²) in [5.41, 5.74) is 0. The number of halogens is 1. The van der Waals surface area contributed by atoms with Crippen LogP contribution in [0.1, 0.15) is 0 Å². The summed E-state index contributed by atoms with van der Waals surface area (Å²) in [6.45, 7) is 0. The van der Waals surface area contributed by atoms with Crippen molar-refractivity contribution in [2.45, 2.75) is 5.24 Å². The molecule has 0 aromatic carbocycles. The largest absolute Gasteiger partial charge is 0.357 e. The van der Waals surface area contributed by atoms with Crippen molar-refractivity contribution in [1.29, 1.82) is 0 Å². The standard InChI is InChI=1S/C3H9ClNO3P/c1-5(2)3(4)9(6,7)8/h3H,1-2H3,(H2,6,7,8). The van der Waals surface area contributed by atoms with Crippen LogP contribution in [0.3, 0.4) is 0 Å². The van der Waals surface area contributed by atoms with Gasteiger partial charge in [0.15, 0.2) is 5.24 Å². The second-order valence-electron chi connectivity index (χ2n) is 1.86.